The molecule has 2 aromatic rings. The molecule has 1 aromatic carbocycles. The zero-order valence-electron chi connectivity index (χ0n) is 9.20. The quantitative estimate of drug-likeness (QED) is 0.772. The molecule has 0 aliphatic rings. The van der Waals surface area contributed by atoms with Crippen LogP contribution in [0.3, 0.4) is 0 Å². The molecule has 2 nitrogen and oxygen atoms in total. The second-order valence-electron chi connectivity index (χ2n) is 3.82. The monoisotopic (exact) mass is 272 g/mol. The summed E-state index contributed by atoms with van der Waals surface area (Å²) in [5.41, 5.74) is 1.42. The van der Waals surface area contributed by atoms with Crippen LogP contribution >= 0.6 is 23.2 Å². The lowest BCUT2D eigenvalue weighted by atomic mass is 10.2. The molecule has 0 N–H and O–H groups in total. The molecule has 1 unspecified atom stereocenters. The molecule has 1 aromatic heterocycles. The number of rotatable bonds is 3. The molecular weight excluding hydrogens is 262 g/mol. The van der Waals surface area contributed by atoms with Gasteiger partial charge in [0.15, 0.2) is 0 Å². The fraction of sp³-hybridized carbons (Fsp3) is 0.250. The normalized spacial score (nSPS) is 12.7. The number of benzene rings is 1. The minimum Gasteiger partial charge on any atom is -0.268 e. The van der Waals surface area contributed by atoms with Crippen LogP contribution in [0.1, 0.15) is 23.4 Å². The molecular formula is C12H11Cl2FN2. The number of nitrogens with zero attached hydrogens (tertiary/aromatic N) is 2. The van der Waals surface area contributed by atoms with Gasteiger partial charge in [-0.3, -0.25) is 4.68 Å². The molecule has 0 bridgehead atoms. The van der Waals surface area contributed by atoms with E-state index in [1.54, 1.807) is 23.1 Å². The Hall–Kier alpha value is -1.06. The maximum absolute atomic E-state index is 13.5. The molecule has 0 fully saturated rings. The van der Waals surface area contributed by atoms with Crippen molar-refractivity contribution >= 4 is 23.2 Å². The standard InChI is InChI=1S/C12H11Cl2FN2/c1-8(13)10-5-16-17(7-10)6-9-4-11(14)2-3-12(9)15/h2-5,7-8H,6H2,1H3. The first-order chi connectivity index (χ1) is 8.06. The van der Waals surface area contributed by atoms with Crippen molar-refractivity contribution in [2.24, 2.45) is 0 Å². The summed E-state index contributed by atoms with van der Waals surface area (Å²) in [6.45, 7) is 2.21. The lowest BCUT2D eigenvalue weighted by Gasteiger charge is -2.04. The molecule has 5 heteroatoms. The van der Waals surface area contributed by atoms with Gasteiger partial charge in [0, 0.05) is 22.3 Å². The van der Waals surface area contributed by atoms with Crippen molar-refractivity contribution in [1.82, 2.24) is 9.78 Å². The van der Waals surface area contributed by atoms with Crippen LogP contribution in [0.4, 0.5) is 4.39 Å². The zero-order valence-corrected chi connectivity index (χ0v) is 10.7. The maximum Gasteiger partial charge on any atom is 0.128 e. The van der Waals surface area contributed by atoms with Crippen molar-refractivity contribution in [1.29, 1.82) is 0 Å². The molecule has 1 atom stereocenters. The van der Waals surface area contributed by atoms with Gasteiger partial charge in [-0.1, -0.05) is 11.6 Å². The maximum atomic E-state index is 13.5. The first-order valence-corrected chi connectivity index (χ1v) is 5.98. The number of hydrogen-bond donors (Lipinski definition) is 0. The highest BCUT2D eigenvalue weighted by Crippen LogP contribution is 2.20. The molecule has 0 aliphatic heterocycles. The second-order valence-corrected chi connectivity index (χ2v) is 4.91. The van der Waals surface area contributed by atoms with E-state index in [4.69, 9.17) is 23.2 Å². The van der Waals surface area contributed by atoms with E-state index in [-0.39, 0.29) is 11.2 Å². The number of aromatic nitrogens is 2. The zero-order chi connectivity index (χ0) is 12.4. The molecule has 0 aliphatic carbocycles. The van der Waals surface area contributed by atoms with Crippen LogP contribution in [-0.2, 0) is 6.54 Å². The molecule has 1 heterocycles. The number of alkyl halides is 1. The molecule has 0 saturated heterocycles. The molecule has 0 radical (unpaired) electrons. The van der Waals surface area contributed by atoms with Crippen LogP contribution in [0.15, 0.2) is 30.6 Å². The van der Waals surface area contributed by atoms with Crippen molar-refractivity contribution in [2.45, 2.75) is 18.8 Å². The van der Waals surface area contributed by atoms with Gasteiger partial charge in [0.1, 0.15) is 5.82 Å². The van der Waals surface area contributed by atoms with Gasteiger partial charge in [0.25, 0.3) is 0 Å². The Morgan fingerprint density at radius 3 is 2.88 bits per heavy atom. The Kier molecular flexibility index (Phi) is 3.69. The van der Waals surface area contributed by atoms with Crippen molar-refractivity contribution in [2.75, 3.05) is 0 Å². The van der Waals surface area contributed by atoms with Crippen molar-refractivity contribution in [3.63, 3.8) is 0 Å². The smallest absolute Gasteiger partial charge is 0.128 e. The second kappa shape index (κ2) is 5.07. The Bertz CT molecular complexity index is 523. The Morgan fingerprint density at radius 2 is 2.24 bits per heavy atom. The van der Waals surface area contributed by atoms with E-state index in [1.807, 2.05) is 6.92 Å². The van der Waals surface area contributed by atoms with E-state index in [1.165, 1.54) is 12.1 Å². The summed E-state index contributed by atoms with van der Waals surface area (Å²) >= 11 is 11.7. The van der Waals surface area contributed by atoms with Gasteiger partial charge in [-0.05, 0) is 25.1 Å². The Morgan fingerprint density at radius 1 is 1.47 bits per heavy atom. The number of hydrogen-bond acceptors (Lipinski definition) is 1. The minimum atomic E-state index is -0.287. The highest BCUT2D eigenvalue weighted by atomic mass is 35.5. The summed E-state index contributed by atoms with van der Waals surface area (Å²) in [6, 6.07) is 4.48. The highest BCUT2D eigenvalue weighted by Gasteiger charge is 2.07. The van der Waals surface area contributed by atoms with Gasteiger partial charge < -0.3 is 0 Å². The molecule has 0 saturated carbocycles. The van der Waals surface area contributed by atoms with E-state index in [0.717, 1.165) is 5.56 Å². The molecule has 0 amide bonds. The van der Waals surface area contributed by atoms with Crippen LogP contribution in [0, 0.1) is 5.82 Å². The van der Waals surface area contributed by atoms with Gasteiger partial charge in [-0.15, -0.1) is 11.6 Å². The first kappa shape index (κ1) is 12.4. The predicted octanol–water partition coefficient (Wildman–Crippen LogP) is 4.02. The van der Waals surface area contributed by atoms with Gasteiger partial charge >= 0.3 is 0 Å². The summed E-state index contributed by atoms with van der Waals surface area (Å²) in [4.78, 5) is 0. The lowest BCUT2D eigenvalue weighted by molar-refractivity contribution is 0.585. The average Bonchev–Trinajstić information content (AvgIpc) is 2.72. The van der Waals surface area contributed by atoms with Crippen LogP contribution < -0.4 is 0 Å². The van der Waals surface area contributed by atoms with E-state index >= 15 is 0 Å². The topological polar surface area (TPSA) is 17.8 Å². The Balaban J connectivity index is 2.22. The fourth-order valence-corrected chi connectivity index (χ4v) is 1.82. The molecule has 90 valence electrons. The van der Waals surface area contributed by atoms with Crippen LogP contribution in [0.5, 0.6) is 0 Å². The minimum absolute atomic E-state index is 0.104. The van der Waals surface area contributed by atoms with Crippen LogP contribution in [-0.4, -0.2) is 9.78 Å². The molecule has 17 heavy (non-hydrogen) atoms. The van der Waals surface area contributed by atoms with Crippen molar-refractivity contribution in [3.8, 4) is 0 Å². The van der Waals surface area contributed by atoms with E-state index in [2.05, 4.69) is 5.10 Å². The summed E-state index contributed by atoms with van der Waals surface area (Å²) in [5, 5.41) is 4.54. The third-order valence-electron chi connectivity index (χ3n) is 2.45. The SMILES string of the molecule is CC(Cl)c1cnn(Cc2cc(Cl)ccc2F)c1. The highest BCUT2D eigenvalue weighted by molar-refractivity contribution is 6.30. The van der Waals surface area contributed by atoms with Crippen LogP contribution in [0.2, 0.25) is 5.02 Å². The third kappa shape index (κ3) is 2.99. The van der Waals surface area contributed by atoms with Crippen molar-refractivity contribution in [3.05, 3.63) is 52.6 Å². The van der Waals surface area contributed by atoms with E-state index in [9.17, 15) is 4.39 Å². The first-order valence-electron chi connectivity index (χ1n) is 5.16. The largest absolute Gasteiger partial charge is 0.268 e. The fourth-order valence-electron chi connectivity index (χ4n) is 1.51. The van der Waals surface area contributed by atoms with E-state index < -0.39 is 0 Å². The predicted molar refractivity (Wildman–Crippen MR) is 67.0 cm³/mol. The molecule has 2 rings (SSSR count). The third-order valence-corrected chi connectivity index (χ3v) is 2.94. The summed E-state index contributed by atoms with van der Waals surface area (Å²) < 4.78 is 15.1. The Labute approximate surface area is 109 Å². The number of halogens is 3. The van der Waals surface area contributed by atoms with Crippen LogP contribution in [0.25, 0.3) is 0 Å². The average molecular weight is 273 g/mol. The summed E-state index contributed by atoms with van der Waals surface area (Å²) in [6.07, 6.45) is 3.48. The lowest BCUT2D eigenvalue weighted by Crippen LogP contribution is -2.02. The summed E-state index contributed by atoms with van der Waals surface area (Å²) in [7, 11) is 0. The van der Waals surface area contributed by atoms with Gasteiger partial charge in [-0.25, -0.2) is 4.39 Å². The van der Waals surface area contributed by atoms with E-state index in [0.29, 0.717) is 17.1 Å². The van der Waals surface area contributed by atoms with Gasteiger partial charge in [0.05, 0.1) is 18.1 Å². The summed E-state index contributed by atoms with van der Waals surface area (Å²) in [5.74, 6) is -0.287. The van der Waals surface area contributed by atoms with Gasteiger partial charge in [-0.2, -0.15) is 5.10 Å². The van der Waals surface area contributed by atoms with Gasteiger partial charge in [0.2, 0.25) is 0 Å². The molecule has 0 spiro atoms. The van der Waals surface area contributed by atoms with Crippen molar-refractivity contribution < 1.29 is 4.39 Å².